The lowest BCUT2D eigenvalue weighted by Crippen LogP contribution is -2.27. The highest BCUT2D eigenvalue weighted by molar-refractivity contribution is 14.1. The van der Waals surface area contributed by atoms with Crippen molar-refractivity contribution in [1.29, 1.82) is 0 Å². The Morgan fingerprint density at radius 2 is 1.53 bits per heavy atom. The zero-order valence-electron chi connectivity index (χ0n) is 19.9. The first-order valence-electron chi connectivity index (χ1n) is 10.1. The first kappa shape index (κ1) is 28.7. The van der Waals surface area contributed by atoms with Gasteiger partial charge in [-0.3, -0.25) is 20.7 Å². The topological polar surface area (TPSA) is 120 Å². The average molecular weight is 581 g/mol. The Balaban J connectivity index is 0.000000342. The molecule has 0 aromatic heterocycles. The molecular formula is C24H28IN3O6. The first-order valence-corrected chi connectivity index (χ1v) is 11.2. The number of nitrogens with one attached hydrogen (secondary N) is 2. The average Bonchev–Trinajstić information content (AvgIpc) is 2.67. The van der Waals surface area contributed by atoms with Gasteiger partial charge in [0.15, 0.2) is 0 Å². The van der Waals surface area contributed by atoms with Crippen LogP contribution < -0.4 is 10.6 Å². The van der Waals surface area contributed by atoms with Gasteiger partial charge in [0, 0.05) is 27.0 Å². The molecule has 0 fully saturated rings. The highest BCUT2D eigenvalue weighted by Crippen LogP contribution is 2.24. The number of carbonyl (C=O) groups excluding carboxylic acids is 2. The molecular weight excluding hydrogens is 553 g/mol. The third kappa shape index (κ3) is 11.5. The fourth-order valence-corrected chi connectivity index (χ4v) is 2.87. The smallest absolute Gasteiger partial charge is 0.412 e. The number of nitrogens with zero attached hydrogens (tertiary/aromatic N) is 1. The molecule has 0 saturated heterocycles. The summed E-state index contributed by atoms with van der Waals surface area (Å²) in [6, 6.07) is 11.2. The third-order valence-corrected chi connectivity index (χ3v) is 4.37. The van der Waals surface area contributed by atoms with Crippen molar-refractivity contribution >= 4 is 51.8 Å². The lowest BCUT2D eigenvalue weighted by molar-refractivity contribution is -0.384. The number of rotatable bonds is 3. The molecule has 0 atom stereocenters. The lowest BCUT2D eigenvalue weighted by Gasteiger charge is -2.19. The van der Waals surface area contributed by atoms with Crippen molar-refractivity contribution in [3.63, 3.8) is 0 Å². The molecule has 0 bridgehead atoms. The predicted molar refractivity (Wildman–Crippen MR) is 140 cm³/mol. The van der Waals surface area contributed by atoms with Crippen LogP contribution in [0.5, 0.6) is 0 Å². The standard InChI is InChI=1S/C13H15NO2.C11H13IN2O4/c1-5-10-7-6-8-11(9-10)14-12(15)16-13(2,3)4;1-11(2,3)18-10(15)13-9-5-4-7(14(16)17)6-8(9)12/h1,6-9H,2-4H3,(H,14,15);4-6H,1-3H3,(H,13,15). The number of terminal acetylenes is 1. The summed E-state index contributed by atoms with van der Waals surface area (Å²) in [7, 11) is 0. The molecule has 0 unspecified atom stereocenters. The minimum atomic E-state index is -0.589. The van der Waals surface area contributed by atoms with E-state index in [2.05, 4.69) is 16.6 Å². The van der Waals surface area contributed by atoms with Crippen LogP contribution in [0.3, 0.4) is 0 Å². The van der Waals surface area contributed by atoms with Crippen molar-refractivity contribution in [2.75, 3.05) is 10.6 Å². The summed E-state index contributed by atoms with van der Waals surface area (Å²) >= 11 is 1.92. The largest absolute Gasteiger partial charge is 0.444 e. The van der Waals surface area contributed by atoms with E-state index in [1.54, 1.807) is 45.0 Å². The van der Waals surface area contributed by atoms with E-state index in [1.165, 1.54) is 18.2 Å². The number of benzene rings is 2. The molecule has 182 valence electrons. The van der Waals surface area contributed by atoms with Gasteiger partial charge in [0.25, 0.3) is 5.69 Å². The second-order valence-corrected chi connectivity index (χ2v) is 10.1. The van der Waals surface area contributed by atoms with Crippen molar-refractivity contribution in [3.8, 4) is 12.3 Å². The lowest BCUT2D eigenvalue weighted by atomic mass is 10.2. The molecule has 0 aliphatic rings. The van der Waals surface area contributed by atoms with E-state index in [4.69, 9.17) is 15.9 Å². The summed E-state index contributed by atoms with van der Waals surface area (Å²) in [5.41, 5.74) is 0.715. The quantitative estimate of drug-likeness (QED) is 0.183. The number of nitro groups is 1. The van der Waals surface area contributed by atoms with Crippen molar-refractivity contribution in [2.45, 2.75) is 52.7 Å². The zero-order valence-corrected chi connectivity index (χ0v) is 22.1. The van der Waals surface area contributed by atoms with E-state index >= 15 is 0 Å². The van der Waals surface area contributed by atoms with E-state index in [9.17, 15) is 19.7 Å². The van der Waals surface area contributed by atoms with Gasteiger partial charge in [-0.05, 0) is 88.4 Å². The summed E-state index contributed by atoms with van der Waals surface area (Å²) in [6.07, 6.45) is 4.18. The van der Waals surface area contributed by atoms with Crippen molar-refractivity contribution in [3.05, 3.63) is 61.7 Å². The van der Waals surface area contributed by atoms with Crippen molar-refractivity contribution < 1.29 is 24.0 Å². The number of nitro benzene ring substituents is 1. The summed E-state index contributed by atoms with van der Waals surface area (Å²) in [6.45, 7) is 10.7. The Kier molecular flexibility index (Phi) is 10.3. The van der Waals surface area contributed by atoms with Crippen LogP contribution in [0.2, 0.25) is 0 Å². The fourth-order valence-electron chi connectivity index (χ4n) is 2.24. The summed E-state index contributed by atoms with van der Waals surface area (Å²) < 4.78 is 10.8. The highest BCUT2D eigenvalue weighted by atomic mass is 127. The minimum absolute atomic E-state index is 0.0193. The fraction of sp³-hybridized carbons (Fsp3) is 0.333. The molecule has 9 nitrogen and oxygen atoms in total. The molecule has 0 radical (unpaired) electrons. The van der Waals surface area contributed by atoms with Gasteiger partial charge in [0.2, 0.25) is 0 Å². The normalized spacial score (nSPS) is 10.6. The van der Waals surface area contributed by atoms with E-state index in [-0.39, 0.29) is 5.69 Å². The molecule has 0 aliphatic carbocycles. The van der Waals surface area contributed by atoms with Gasteiger partial charge >= 0.3 is 12.2 Å². The van der Waals surface area contributed by atoms with Gasteiger partial charge in [-0.25, -0.2) is 9.59 Å². The molecule has 10 heteroatoms. The minimum Gasteiger partial charge on any atom is -0.444 e. The van der Waals surface area contributed by atoms with Crippen LogP contribution in [0, 0.1) is 26.0 Å². The Morgan fingerprint density at radius 3 is 2.00 bits per heavy atom. The SMILES string of the molecule is C#Cc1cccc(NC(=O)OC(C)(C)C)c1.CC(C)(C)OC(=O)Nc1ccc([N+](=O)[O-])cc1I. The molecule has 34 heavy (non-hydrogen) atoms. The third-order valence-electron chi connectivity index (χ3n) is 3.47. The monoisotopic (exact) mass is 581 g/mol. The molecule has 0 aliphatic heterocycles. The maximum absolute atomic E-state index is 11.5. The van der Waals surface area contributed by atoms with Crippen LogP contribution in [0.25, 0.3) is 0 Å². The molecule has 2 N–H and O–H groups in total. The van der Waals surface area contributed by atoms with Crippen LogP contribution in [-0.2, 0) is 9.47 Å². The highest BCUT2D eigenvalue weighted by Gasteiger charge is 2.18. The molecule has 0 heterocycles. The van der Waals surface area contributed by atoms with Crippen LogP contribution >= 0.6 is 22.6 Å². The van der Waals surface area contributed by atoms with Gasteiger partial charge in [-0.1, -0.05) is 12.0 Å². The second kappa shape index (κ2) is 12.2. The van der Waals surface area contributed by atoms with Gasteiger partial charge < -0.3 is 9.47 Å². The number of amides is 2. The number of carbonyl (C=O) groups is 2. The molecule has 0 saturated carbocycles. The van der Waals surface area contributed by atoms with Gasteiger partial charge in [0.1, 0.15) is 11.2 Å². The second-order valence-electron chi connectivity index (χ2n) is 8.90. The van der Waals surface area contributed by atoms with Crippen LogP contribution in [0.4, 0.5) is 26.7 Å². The number of hydrogen-bond acceptors (Lipinski definition) is 6. The number of non-ortho nitro benzene ring substituents is 1. The predicted octanol–water partition coefficient (Wildman–Crippen LogP) is 6.56. The van der Waals surface area contributed by atoms with Gasteiger partial charge in [0.05, 0.1) is 10.6 Å². The maximum atomic E-state index is 11.5. The van der Waals surface area contributed by atoms with Crippen LogP contribution in [0.1, 0.15) is 47.1 Å². The zero-order chi connectivity index (χ0) is 26.1. The van der Waals surface area contributed by atoms with Gasteiger partial charge in [-0.15, -0.1) is 6.42 Å². The molecule has 0 spiro atoms. The Labute approximate surface area is 212 Å². The summed E-state index contributed by atoms with van der Waals surface area (Å²) in [5, 5.41) is 15.7. The van der Waals surface area contributed by atoms with E-state index in [0.29, 0.717) is 20.5 Å². The van der Waals surface area contributed by atoms with E-state index in [1.807, 2.05) is 43.4 Å². The molecule has 2 amide bonds. The van der Waals surface area contributed by atoms with E-state index in [0.717, 1.165) is 0 Å². The number of hydrogen-bond donors (Lipinski definition) is 2. The summed E-state index contributed by atoms with van der Waals surface area (Å²) in [4.78, 5) is 33.0. The number of ether oxygens (including phenoxy) is 2. The van der Waals surface area contributed by atoms with Gasteiger partial charge in [-0.2, -0.15) is 0 Å². The Morgan fingerprint density at radius 1 is 0.971 bits per heavy atom. The van der Waals surface area contributed by atoms with Crippen LogP contribution in [0.15, 0.2) is 42.5 Å². The molecule has 2 aromatic rings. The van der Waals surface area contributed by atoms with Crippen molar-refractivity contribution in [2.24, 2.45) is 0 Å². The molecule has 2 rings (SSSR count). The molecule has 2 aromatic carbocycles. The summed E-state index contributed by atoms with van der Waals surface area (Å²) in [5.74, 6) is 2.50. The Hall–Kier alpha value is -3.33. The number of anilines is 2. The number of halogens is 1. The maximum Gasteiger partial charge on any atom is 0.412 e. The first-order chi connectivity index (χ1) is 15.6. The van der Waals surface area contributed by atoms with Crippen molar-refractivity contribution in [1.82, 2.24) is 0 Å². The van der Waals surface area contributed by atoms with Crippen LogP contribution in [-0.4, -0.2) is 28.3 Å². The van der Waals surface area contributed by atoms with E-state index < -0.39 is 28.3 Å². The Bertz CT molecular complexity index is 1080.